The third-order valence-corrected chi connectivity index (χ3v) is 4.08. The molecule has 0 spiro atoms. The molecular weight excluding hydrogens is 325 g/mol. The molecule has 4 rings (SSSR count). The van der Waals surface area contributed by atoms with E-state index in [2.05, 4.69) is 15.3 Å². The minimum Gasteiger partial charge on any atom is -0.313 e. The van der Waals surface area contributed by atoms with Crippen molar-refractivity contribution in [2.24, 2.45) is 7.05 Å². The van der Waals surface area contributed by atoms with Gasteiger partial charge in [-0.1, -0.05) is 12.1 Å². The number of aromatic amines is 1. The second kappa shape index (κ2) is 5.59. The van der Waals surface area contributed by atoms with Gasteiger partial charge in [0, 0.05) is 13.1 Å². The van der Waals surface area contributed by atoms with Crippen LogP contribution in [0, 0.1) is 5.82 Å². The summed E-state index contributed by atoms with van der Waals surface area (Å²) in [4.78, 5) is 31.3. The molecule has 0 unspecified atom stereocenters. The van der Waals surface area contributed by atoms with Gasteiger partial charge in [0.2, 0.25) is 11.9 Å². The normalized spacial score (nSPS) is 11.3. The first-order chi connectivity index (χ1) is 12.0. The monoisotopic (exact) mass is 339 g/mol. The average molecular weight is 339 g/mol. The summed E-state index contributed by atoms with van der Waals surface area (Å²) in [5, 5.41) is 2.67. The lowest BCUT2D eigenvalue weighted by Gasteiger charge is -2.06. The summed E-state index contributed by atoms with van der Waals surface area (Å²) in [5.74, 6) is -0.502. The third kappa shape index (κ3) is 2.57. The van der Waals surface area contributed by atoms with Crippen LogP contribution in [-0.2, 0) is 18.4 Å². The predicted octanol–water partition coefficient (Wildman–Crippen LogP) is 1.99. The molecule has 0 bridgehead atoms. The Labute approximate surface area is 140 Å². The highest BCUT2D eigenvalue weighted by atomic mass is 19.1. The molecule has 8 heteroatoms. The van der Waals surface area contributed by atoms with E-state index >= 15 is 0 Å². The number of aryl methyl sites for hydroxylation is 1. The SMILES string of the molecule is Cn1c(NC(=O)Cn2c(=O)[nH]c3ccccc32)nc2cc(F)ccc21. The number of hydrogen-bond donors (Lipinski definition) is 2. The minimum absolute atomic E-state index is 0.152. The molecule has 4 aromatic rings. The van der Waals surface area contributed by atoms with Gasteiger partial charge in [-0.3, -0.25) is 14.7 Å². The number of para-hydroxylation sites is 2. The average Bonchev–Trinajstić information content (AvgIpc) is 3.05. The zero-order chi connectivity index (χ0) is 17.6. The number of carbonyl (C=O) groups excluding carboxylic acids is 1. The summed E-state index contributed by atoms with van der Waals surface area (Å²) in [6.07, 6.45) is 0. The van der Waals surface area contributed by atoms with E-state index in [1.165, 1.54) is 16.7 Å². The van der Waals surface area contributed by atoms with Gasteiger partial charge in [-0.25, -0.2) is 14.2 Å². The maximum absolute atomic E-state index is 13.3. The Hall–Kier alpha value is -3.42. The Bertz CT molecular complexity index is 1170. The van der Waals surface area contributed by atoms with Gasteiger partial charge in [-0.2, -0.15) is 0 Å². The van der Waals surface area contributed by atoms with Gasteiger partial charge in [0.15, 0.2) is 0 Å². The van der Waals surface area contributed by atoms with Gasteiger partial charge in [0.25, 0.3) is 0 Å². The first-order valence-electron chi connectivity index (χ1n) is 7.62. The molecule has 0 aliphatic carbocycles. The highest BCUT2D eigenvalue weighted by Gasteiger charge is 2.14. The lowest BCUT2D eigenvalue weighted by Crippen LogP contribution is -2.26. The molecule has 0 aliphatic heterocycles. The van der Waals surface area contributed by atoms with E-state index in [1.54, 1.807) is 41.9 Å². The molecule has 2 N–H and O–H groups in total. The van der Waals surface area contributed by atoms with Crippen LogP contribution in [0.2, 0.25) is 0 Å². The van der Waals surface area contributed by atoms with Gasteiger partial charge < -0.3 is 9.55 Å². The van der Waals surface area contributed by atoms with E-state index in [9.17, 15) is 14.0 Å². The van der Waals surface area contributed by atoms with Crippen LogP contribution in [0.5, 0.6) is 0 Å². The Kier molecular flexibility index (Phi) is 3.38. The van der Waals surface area contributed by atoms with Crippen LogP contribution in [0.4, 0.5) is 10.3 Å². The van der Waals surface area contributed by atoms with Crippen LogP contribution in [0.15, 0.2) is 47.3 Å². The van der Waals surface area contributed by atoms with Crippen LogP contribution in [0.25, 0.3) is 22.1 Å². The Morgan fingerprint density at radius 3 is 2.88 bits per heavy atom. The van der Waals surface area contributed by atoms with E-state index in [-0.39, 0.29) is 12.2 Å². The summed E-state index contributed by atoms with van der Waals surface area (Å²) in [6, 6.07) is 11.4. The number of H-pyrrole nitrogens is 1. The number of nitrogens with zero attached hydrogens (tertiary/aromatic N) is 3. The topological polar surface area (TPSA) is 84.7 Å². The second-order valence-corrected chi connectivity index (χ2v) is 5.71. The largest absolute Gasteiger partial charge is 0.326 e. The van der Waals surface area contributed by atoms with E-state index in [4.69, 9.17) is 0 Å². The quantitative estimate of drug-likeness (QED) is 0.599. The zero-order valence-corrected chi connectivity index (χ0v) is 13.3. The van der Waals surface area contributed by atoms with Crippen molar-refractivity contribution in [1.29, 1.82) is 0 Å². The third-order valence-electron chi connectivity index (χ3n) is 4.08. The number of anilines is 1. The first-order valence-corrected chi connectivity index (χ1v) is 7.62. The molecule has 0 saturated carbocycles. The fourth-order valence-corrected chi connectivity index (χ4v) is 2.86. The fourth-order valence-electron chi connectivity index (χ4n) is 2.86. The van der Waals surface area contributed by atoms with Crippen molar-refractivity contribution in [3.8, 4) is 0 Å². The van der Waals surface area contributed by atoms with Crippen molar-refractivity contribution in [1.82, 2.24) is 19.1 Å². The number of imidazole rings is 2. The molecule has 0 aliphatic rings. The van der Waals surface area contributed by atoms with E-state index in [0.717, 1.165) is 0 Å². The highest BCUT2D eigenvalue weighted by Crippen LogP contribution is 2.19. The molecular formula is C17H14FN5O2. The van der Waals surface area contributed by atoms with Crippen molar-refractivity contribution >= 4 is 33.9 Å². The molecule has 0 saturated heterocycles. The molecule has 2 aromatic carbocycles. The van der Waals surface area contributed by atoms with Crippen LogP contribution in [-0.4, -0.2) is 25.0 Å². The van der Waals surface area contributed by atoms with Crippen molar-refractivity contribution in [2.75, 3.05) is 5.32 Å². The molecule has 25 heavy (non-hydrogen) atoms. The molecule has 1 amide bonds. The van der Waals surface area contributed by atoms with Crippen molar-refractivity contribution in [2.45, 2.75) is 6.54 Å². The zero-order valence-electron chi connectivity index (χ0n) is 13.3. The van der Waals surface area contributed by atoms with Crippen molar-refractivity contribution < 1.29 is 9.18 Å². The van der Waals surface area contributed by atoms with Crippen molar-refractivity contribution in [3.05, 3.63) is 58.8 Å². The second-order valence-electron chi connectivity index (χ2n) is 5.71. The molecule has 7 nitrogen and oxygen atoms in total. The van der Waals surface area contributed by atoms with Gasteiger partial charge >= 0.3 is 5.69 Å². The van der Waals surface area contributed by atoms with Gasteiger partial charge in [0.05, 0.1) is 22.1 Å². The standard InChI is InChI=1S/C17H14FN5O2/c1-22-13-7-6-10(18)8-12(13)19-16(22)21-15(24)9-23-14-5-3-2-4-11(14)20-17(23)25/h2-8H,9H2,1H3,(H,20,25)(H,19,21,24). The van der Waals surface area contributed by atoms with Gasteiger partial charge in [-0.15, -0.1) is 0 Å². The maximum Gasteiger partial charge on any atom is 0.326 e. The number of fused-ring (bicyclic) bond motifs is 2. The summed E-state index contributed by atoms with van der Waals surface area (Å²) < 4.78 is 16.3. The summed E-state index contributed by atoms with van der Waals surface area (Å²) in [5.41, 5.74) is 2.10. The number of carbonyl (C=O) groups is 1. The molecule has 2 heterocycles. The number of rotatable bonds is 3. The number of hydrogen-bond acceptors (Lipinski definition) is 3. The van der Waals surface area contributed by atoms with Crippen LogP contribution in [0.3, 0.4) is 0 Å². The van der Waals surface area contributed by atoms with E-state index < -0.39 is 11.7 Å². The smallest absolute Gasteiger partial charge is 0.313 e. The van der Waals surface area contributed by atoms with E-state index in [0.29, 0.717) is 28.0 Å². The fraction of sp³-hybridized carbons (Fsp3) is 0.118. The van der Waals surface area contributed by atoms with Crippen LogP contribution in [0.1, 0.15) is 0 Å². The Morgan fingerprint density at radius 1 is 1.24 bits per heavy atom. The number of nitrogens with one attached hydrogen (secondary N) is 2. The van der Waals surface area contributed by atoms with Gasteiger partial charge in [0.1, 0.15) is 12.4 Å². The molecule has 0 radical (unpaired) electrons. The number of amides is 1. The van der Waals surface area contributed by atoms with Crippen LogP contribution < -0.4 is 11.0 Å². The highest BCUT2D eigenvalue weighted by molar-refractivity contribution is 5.92. The van der Waals surface area contributed by atoms with Crippen molar-refractivity contribution in [3.63, 3.8) is 0 Å². The minimum atomic E-state index is -0.397. The van der Waals surface area contributed by atoms with Gasteiger partial charge in [-0.05, 0) is 24.3 Å². The predicted molar refractivity (Wildman–Crippen MR) is 91.9 cm³/mol. The first kappa shape index (κ1) is 15.1. The number of benzene rings is 2. The number of halogens is 1. The lowest BCUT2D eigenvalue weighted by atomic mass is 10.3. The Balaban J connectivity index is 1.63. The molecule has 126 valence electrons. The lowest BCUT2D eigenvalue weighted by molar-refractivity contribution is -0.116. The molecule has 2 aromatic heterocycles. The number of aromatic nitrogens is 4. The Morgan fingerprint density at radius 2 is 2.04 bits per heavy atom. The van der Waals surface area contributed by atoms with E-state index in [1.807, 2.05) is 0 Å². The molecule has 0 atom stereocenters. The maximum atomic E-state index is 13.3. The van der Waals surface area contributed by atoms with Crippen LogP contribution >= 0.6 is 0 Å². The summed E-state index contributed by atoms with van der Waals surface area (Å²) >= 11 is 0. The summed E-state index contributed by atoms with van der Waals surface area (Å²) in [7, 11) is 1.72. The molecule has 0 fully saturated rings. The summed E-state index contributed by atoms with van der Waals surface area (Å²) in [6.45, 7) is -0.152.